The SMILES string of the molecule is Cc1cccc2c1NC(=O)C21NC(Cc2c[nH]c3ccccc23)C2C(=O)N(c3ccc(F)cc3)C(=O)C21. The van der Waals surface area contributed by atoms with Gasteiger partial charge in [0.05, 0.1) is 17.5 Å². The van der Waals surface area contributed by atoms with E-state index in [1.807, 2.05) is 55.6 Å². The van der Waals surface area contributed by atoms with Crippen molar-refractivity contribution in [2.45, 2.75) is 24.9 Å². The molecule has 3 aromatic carbocycles. The van der Waals surface area contributed by atoms with Crippen molar-refractivity contribution < 1.29 is 18.8 Å². The Labute approximate surface area is 211 Å². The highest BCUT2D eigenvalue weighted by Gasteiger charge is 2.70. The minimum Gasteiger partial charge on any atom is -0.361 e. The molecule has 37 heavy (non-hydrogen) atoms. The van der Waals surface area contributed by atoms with Gasteiger partial charge in [-0.15, -0.1) is 0 Å². The van der Waals surface area contributed by atoms with E-state index in [2.05, 4.69) is 15.6 Å². The molecule has 1 aromatic heterocycles. The van der Waals surface area contributed by atoms with Crippen LogP contribution in [0, 0.1) is 24.6 Å². The average Bonchev–Trinajstić information content (AvgIpc) is 3.60. The van der Waals surface area contributed by atoms with Crippen LogP contribution in [-0.2, 0) is 26.3 Å². The van der Waals surface area contributed by atoms with Crippen LogP contribution in [0.4, 0.5) is 15.8 Å². The monoisotopic (exact) mass is 494 g/mol. The molecular weight excluding hydrogens is 471 g/mol. The fraction of sp³-hybridized carbons (Fsp3) is 0.207. The molecule has 2 fully saturated rings. The lowest BCUT2D eigenvalue weighted by Crippen LogP contribution is -2.53. The van der Waals surface area contributed by atoms with E-state index in [0.717, 1.165) is 26.9 Å². The number of carbonyl (C=O) groups excluding carboxylic acids is 3. The Morgan fingerprint density at radius 1 is 0.946 bits per heavy atom. The number of hydrogen-bond donors (Lipinski definition) is 3. The molecule has 3 N–H and O–H groups in total. The first kappa shape index (κ1) is 21.9. The van der Waals surface area contributed by atoms with Crippen LogP contribution in [0.15, 0.2) is 72.9 Å². The fourth-order valence-corrected chi connectivity index (χ4v) is 6.53. The zero-order valence-corrected chi connectivity index (χ0v) is 19.9. The molecule has 3 amide bonds. The highest BCUT2D eigenvalue weighted by Crippen LogP contribution is 2.54. The van der Waals surface area contributed by atoms with Crippen LogP contribution in [-0.4, -0.2) is 28.7 Å². The molecule has 4 unspecified atom stereocenters. The number of amides is 3. The molecule has 0 aliphatic carbocycles. The largest absolute Gasteiger partial charge is 0.361 e. The molecule has 7 rings (SSSR count). The molecule has 0 bridgehead atoms. The molecule has 0 saturated carbocycles. The molecular formula is C29H23FN4O3. The minimum absolute atomic E-state index is 0.301. The number of halogens is 1. The number of nitrogens with zero attached hydrogens (tertiary/aromatic N) is 1. The molecule has 4 atom stereocenters. The zero-order chi connectivity index (χ0) is 25.5. The van der Waals surface area contributed by atoms with Crippen molar-refractivity contribution in [2.75, 3.05) is 10.2 Å². The summed E-state index contributed by atoms with van der Waals surface area (Å²) < 4.78 is 13.6. The minimum atomic E-state index is -1.38. The molecule has 184 valence electrons. The topological polar surface area (TPSA) is 94.3 Å². The highest BCUT2D eigenvalue weighted by atomic mass is 19.1. The maximum absolute atomic E-state index is 14.0. The first-order chi connectivity index (χ1) is 17.9. The van der Waals surface area contributed by atoms with Gasteiger partial charge in [-0.3, -0.25) is 19.7 Å². The fourth-order valence-electron chi connectivity index (χ4n) is 6.53. The second-order valence-electron chi connectivity index (χ2n) is 10.1. The third kappa shape index (κ3) is 2.87. The van der Waals surface area contributed by atoms with Gasteiger partial charge < -0.3 is 10.3 Å². The van der Waals surface area contributed by atoms with Gasteiger partial charge in [-0.2, -0.15) is 0 Å². The number of fused-ring (bicyclic) bond motifs is 5. The van der Waals surface area contributed by atoms with E-state index in [9.17, 15) is 18.8 Å². The lowest BCUT2D eigenvalue weighted by Gasteiger charge is -2.29. The lowest BCUT2D eigenvalue weighted by molar-refractivity contribution is -0.130. The number of rotatable bonds is 3. The molecule has 3 aliphatic heterocycles. The third-order valence-electron chi connectivity index (χ3n) is 8.16. The summed E-state index contributed by atoms with van der Waals surface area (Å²) in [5.41, 5.74) is 3.12. The van der Waals surface area contributed by atoms with Crippen LogP contribution >= 0.6 is 0 Å². The van der Waals surface area contributed by atoms with Crippen LogP contribution in [0.3, 0.4) is 0 Å². The van der Waals surface area contributed by atoms with Crippen molar-refractivity contribution in [3.05, 3.63) is 95.4 Å². The van der Waals surface area contributed by atoms with Crippen molar-refractivity contribution in [1.82, 2.24) is 10.3 Å². The molecule has 3 aliphatic rings. The number of aromatic nitrogens is 1. The van der Waals surface area contributed by atoms with Crippen LogP contribution in [0.1, 0.15) is 16.7 Å². The quantitative estimate of drug-likeness (QED) is 0.378. The molecule has 1 spiro atoms. The Morgan fingerprint density at radius 2 is 1.73 bits per heavy atom. The van der Waals surface area contributed by atoms with Gasteiger partial charge in [0.15, 0.2) is 0 Å². The number of carbonyl (C=O) groups is 3. The number of para-hydroxylation sites is 2. The summed E-state index contributed by atoms with van der Waals surface area (Å²) in [5, 5.41) is 7.50. The predicted octanol–water partition coefficient (Wildman–Crippen LogP) is 3.78. The number of H-pyrrole nitrogens is 1. The van der Waals surface area contributed by atoms with Gasteiger partial charge in [-0.05, 0) is 54.8 Å². The summed E-state index contributed by atoms with van der Waals surface area (Å²) in [6.07, 6.45) is 2.36. The van der Waals surface area contributed by atoms with Crippen LogP contribution in [0.5, 0.6) is 0 Å². The van der Waals surface area contributed by atoms with E-state index in [1.165, 1.54) is 24.3 Å². The number of anilines is 2. The Morgan fingerprint density at radius 3 is 2.54 bits per heavy atom. The number of aromatic amines is 1. The summed E-state index contributed by atoms with van der Waals surface area (Å²) in [7, 11) is 0. The van der Waals surface area contributed by atoms with E-state index in [0.29, 0.717) is 23.4 Å². The standard InChI is InChI=1S/C29H23FN4O3/c1-15-5-4-7-20-25(15)32-28(37)29(20)24-23(26(35)34(27(24)36)18-11-9-17(30)10-12-18)22(33-29)13-16-14-31-21-8-3-2-6-19(16)21/h2-12,14,22-24,31,33H,13H2,1H3,(H,32,37). The van der Waals surface area contributed by atoms with Crippen molar-refractivity contribution in [3.63, 3.8) is 0 Å². The Bertz CT molecular complexity index is 1630. The van der Waals surface area contributed by atoms with Crippen LogP contribution in [0.25, 0.3) is 10.9 Å². The maximum atomic E-state index is 14.0. The number of aryl methyl sites for hydroxylation is 1. The van der Waals surface area contributed by atoms with Gasteiger partial charge in [0.1, 0.15) is 11.4 Å². The second-order valence-corrected chi connectivity index (χ2v) is 10.1. The van der Waals surface area contributed by atoms with Gasteiger partial charge in [0.2, 0.25) is 17.7 Å². The van der Waals surface area contributed by atoms with Gasteiger partial charge in [0.25, 0.3) is 0 Å². The van der Waals surface area contributed by atoms with E-state index >= 15 is 0 Å². The molecule has 7 nitrogen and oxygen atoms in total. The number of hydrogen-bond acceptors (Lipinski definition) is 4. The lowest BCUT2D eigenvalue weighted by atomic mass is 9.76. The Hall–Kier alpha value is -4.30. The first-order valence-corrected chi connectivity index (χ1v) is 12.3. The average molecular weight is 495 g/mol. The van der Waals surface area contributed by atoms with Crippen LogP contribution in [0.2, 0.25) is 0 Å². The normalized spacial score (nSPS) is 26.3. The summed E-state index contributed by atoms with van der Waals surface area (Å²) in [6.45, 7) is 1.90. The van der Waals surface area contributed by atoms with Gasteiger partial charge >= 0.3 is 0 Å². The maximum Gasteiger partial charge on any atom is 0.250 e. The number of imide groups is 1. The molecule has 4 heterocycles. The van der Waals surface area contributed by atoms with Crippen molar-refractivity contribution >= 4 is 40.0 Å². The Kier molecular flexibility index (Phi) is 4.51. The van der Waals surface area contributed by atoms with E-state index in [4.69, 9.17) is 0 Å². The van der Waals surface area contributed by atoms with E-state index in [1.54, 1.807) is 0 Å². The van der Waals surface area contributed by atoms with Gasteiger partial charge in [-0.1, -0.05) is 36.4 Å². The van der Waals surface area contributed by atoms with Crippen molar-refractivity contribution in [1.29, 1.82) is 0 Å². The first-order valence-electron chi connectivity index (χ1n) is 12.3. The van der Waals surface area contributed by atoms with Crippen molar-refractivity contribution in [3.8, 4) is 0 Å². The summed E-state index contributed by atoms with van der Waals surface area (Å²) in [6, 6.07) is 18.3. The third-order valence-corrected chi connectivity index (χ3v) is 8.16. The Balaban J connectivity index is 1.39. The summed E-state index contributed by atoms with van der Waals surface area (Å²) in [4.78, 5) is 46.1. The van der Waals surface area contributed by atoms with Gasteiger partial charge in [-0.25, -0.2) is 9.29 Å². The molecule has 2 saturated heterocycles. The molecule has 4 aromatic rings. The second kappa shape index (κ2) is 7.60. The number of benzene rings is 3. The zero-order valence-electron chi connectivity index (χ0n) is 19.9. The predicted molar refractivity (Wildman–Crippen MR) is 136 cm³/mol. The van der Waals surface area contributed by atoms with Crippen LogP contribution < -0.4 is 15.5 Å². The highest BCUT2D eigenvalue weighted by molar-refractivity contribution is 6.26. The summed E-state index contributed by atoms with van der Waals surface area (Å²) in [5.74, 6) is -3.36. The molecule has 0 radical (unpaired) electrons. The smallest absolute Gasteiger partial charge is 0.250 e. The van der Waals surface area contributed by atoms with E-state index < -0.39 is 35.1 Å². The molecule has 8 heteroatoms. The van der Waals surface area contributed by atoms with Crippen molar-refractivity contribution in [2.24, 2.45) is 11.8 Å². The summed E-state index contributed by atoms with van der Waals surface area (Å²) >= 11 is 0. The van der Waals surface area contributed by atoms with Gasteiger partial charge in [0, 0.05) is 34.4 Å². The van der Waals surface area contributed by atoms with E-state index in [-0.39, 0.29) is 11.8 Å². The number of nitrogens with one attached hydrogen (secondary N) is 3.